The van der Waals surface area contributed by atoms with Gasteiger partial charge in [0.15, 0.2) is 0 Å². The van der Waals surface area contributed by atoms with E-state index in [1.54, 1.807) is 17.9 Å². The zero-order valence-corrected chi connectivity index (χ0v) is 21.5. The van der Waals surface area contributed by atoms with Gasteiger partial charge in [0.2, 0.25) is 5.95 Å². The fraction of sp³-hybridized carbons (Fsp3) is 0.231. The van der Waals surface area contributed by atoms with Crippen molar-refractivity contribution >= 4 is 57.0 Å². The molecule has 0 radical (unpaired) electrons. The first-order valence-electron chi connectivity index (χ1n) is 11.9. The molecular weight excluding hydrogens is 511 g/mol. The molecule has 2 aromatic carbocycles. The van der Waals surface area contributed by atoms with E-state index >= 15 is 0 Å². The molecule has 5 aromatic rings. The van der Waals surface area contributed by atoms with Crippen molar-refractivity contribution in [3.63, 3.8) is 0 Å². The second-order valence-electron chi connectivity index (χ2n) is 9.41. The summed E-state index contributed by atoms with van der Waals surface area (Å²) in [6.07, 6.45) is 3.20. The molecular formula is C26H24Cl2N8O. The van der Waals surface area contributed by atoms with Gasteiger partial charge in [0.1, 0.15) is 16.5 Å². The summed E-state index contributed by atoms with van der Waals surface area (Å²) < 4.78 is 1.56. The van der Waals surface area contributed by atoms with E-state index in [1.807, 2.05) is 35.2 Å². The predicted molar refractivity (Wildman–Crippen MR) is 146 cm³/mol. The van der Waals surface area contributed by atoms with Crippen LogP contribution in [0.4, 0.5) is 5.95 Å². The molecule has 1 saturated heterocycles. The zero-order chi connectivity index (χ0) is 25.9. The number of H-pyrrole nitrogens is 1. The monoisotopic (exact) mass is 534 g/mol. The number of anilines is 1. The third-order valence-electron chi connectivity index (χ3n) is 7.20. The van der Waals surface area contributed by atoms with Crippen LogP contribution < -0.4 is 16.4 Å². The SMILES string of the molecule is Cn1nc2ccc(-c3c[nH]c4nc(N5CCC(N)(c6ccccc6)CC5)nc(C(N)=O)c34)c(Cl)c2c1Cl. The molecule has 9 nitrogen and oxygen atoms in total. The second-order valence-corrected chi connectivity index (χ2v) is 10.1. The zero-order valence-electron chi connectivity index (χ0n) is 20.0. The highest BCUT2D eigenvalue weighted by atomic mass is 35.5. The molecule has 37 heavy (non-hydrogen) atoms. The molecule has 0 atom stereocenters. The Morgan fingerprint density at radius 3 is 2.46 bits per heavy atom. The summed E-state index contributed by atoms with van der Waals surface area (Å²) >= 11 is 13.2. The van der Waals surface area contributed by atoms with Gasteiger partial charge in [-0.05, 0) is 24.5 Å². The van der Waals surface area contributed by atoms with E-state index in [4.69, 9.17) is 39.7 Å². The van der Waals surface area contributed by atoms with Crippen LogP contribution in [0.25, 0.3) is 33.1 Å². The smallest absolute Gasteiger partial charge is 0.268 e. The number of aromatic amines is 1. The molecule has 0 spiro atoms. The quantitative estimate of drug-likeness (QED) is 0.313. The highest BCUT2D eigenvalue weighted by Gasteiger charge is 2.34. The number of carbonyl (C=O) groups excluding carboxylic acids is 1. The van der Waals surface area contributed by atoms with Gasteiger partial charge in [-0.2, -0.15) is 10.1 Å². The summed E-state index contributed by atoms with van der Waals surface area (Å²) in [5.74, 6) is -0.220. The Kier molecular flexibility index (Phi) is 5.59. The molecule has 188 valence electrons. The first-order valence-corrected chi connectivity index (χ1v) is 12.6. The number of amides is 1. The molecule has 6 rings (SSSR count). The van der Waals surface area contributed by atoms with Crippen LogP contribution in [-0.2, 0) is 12.6 Å². The fourth-order valence-electron chi connectivity index (χ4n) is 5.14. The molecule has 0 saturated carbocycles. The minimum absolute atomic E-state index is 0.123. The number of rotatable bonds is 4. The van der Waals surface area contributed by atoms with Crippen molar-refractivity contribution in [3.8, 4) is 11.1 Å². The Balaban J connectivity index is 1.40. The predicted octanol–water partition coefficient (Wildman–Crippen LogP) is 4.37. The van der Waals surface area contributed by atoms with Crippen molar-refractivity contribution in [2.45, 2.75) is 18.4 Å². The van der Waals surface area contributed by atoms with E-state index in [2.05, 4.69) is 27.2 Å². The molecule has 0 bridgehead atoms. The summed E-state index contributed by atoms with van der Waals surface area (Å²) in [5.41, 5.74) is 15.9. The van der Waals surface area contributed by atoms with Crippen molar-refractivity contribution < 1.29 is 4.79 Å². The van der Waals surface area contributed by atoms with Crippen molar-refractivity contribution in [2.75, 3.05) is 18.0 Å². The minimum Gasteiger partial charge on any atom is -0.364 e. The molecule has 1 fully saturated rings. The first-order chi connectivity index (χ1) is 17.8. The van der Waals surface area contributed by atoms with Crippen LogP contribution in [-0.4, -0.2) is 43.7 Å². The van der Waals surface area contributed by atoms with Gasteiger partial charge in [-0.15, -0.1) is 0 Å². The first kappa shape index (κ1) is 23.7. The number of hydrogen-bond donors (Lipinski definition) is 3. The van der Waals surface area contributed by atoms with Gasteiger partial charge in [0, 0.05) is 43.0 Å². The minimum atomic E-state index is -0.652. The van der Waals surface area contributed by atoms with Crippen LogP contribution in [0, 0.1) is 0 Å². The Morgan fingerprint density at radius 1 is 1.03 bits per heavy atom. The number of aryl methyl sites for hydroxylation is 1. The Morgan fingerprint density at radius 2 is 1.76 bits per heavy atom. The van der Waals surface area contributed by atoms with Crippen molar-refractivity contribution in [1.82, 2.24) is 24.7 Å². The summed E-state index contributed by atoms with van der Waals surface area (Å²) in [4.78, 5) is 27.2. The van der Waals surface area contributed by atoms with Gasteiger partial charge in [0.05, 0.1) is 21.3 Å². The number of fused-ring (bicyclic) bond motifs is 2. The number of carbonyl (C=O) groups is 1. The van der Waals surface area contributed by atoms with Crippen LogP contribution in [0.15, 0.2) is 48.7 Å². The summed E-state index contributed by atoms with van der Waals surface area (Å²) in [5, 5.41) is 6.36. The van der Waals surface area contributed by atoms with Gasteiger partial charge in [-0.25, -0.2) is 4.98 Å². The maximum atomic E-state index is 12.6. The number of nitrogens with two attached hydrogens (primary N) is 2. The third kappa shape index (κ3) is 3.81. The normalized spacial score (nSPS) is 15.5. The van der Waals surface area contributed by atoms with E-state index in [0.717, 1.165) is 18.4 Å². The molecule has 1 aliphatic heterocycles. The number of aromatic nitrogens is 5. The lowest BCUT2D eigenvalue weighted by atomic mass is 9.82. The van der Waals surface area contributed by atoms with E-state index in [-0.39, 0.29) is 5.69 Å². The average Bonchev–Trinajstić information content (AvgIpc) is 3.45. The number of primary amides is 1. The van der Waals surface area contributed by atoms with E-state index in [0.29, 0.717) is 62.3 Å². The highest BCUT2D eigenvalue weighted by Crippen LogP contribution is 2.41. The molecule has 3 aromatic heterocycles. The van der Waals surface area contributed by atoms with Crippen LogP contribution in [0.3, 0.4) is 0 Å². The molecule has 1 aliphatic rings. The summed E-state index contributed by atoms with van der Waals surface area (Å²) in [7, 11) is 1.75. The number of benzene rings is 2. The van der Waals surface area contributed by atoms with E-state index in [9.17, 15) is 4.79 Å². The van der Waals surface area contributed by atoms with Crippen molar-refractivity contribution in [3.05, 3.63) is 70.1 Å². The molecule has 1 amide bonds. The lowest BCUT2D eigenvalue weighted by Crippen LogP contribution is -2.48. The standard InChI is InChI=1S/C26H24Cl2N8O/c1-35-22(28)19-17(34-35)8-7-15(20(19)27)16-13-31-24-18(16)21(23(29)37)32-25(33-24)36-11-9-26(30,10-12-36)14-5-3-2-4-6-14/h2-8,13H,9-12,30H2,1H3,(H2,29,37)(H,31,32,33). The van der Waals surface area contributed by atoms with E-state index in [1.165, 1.54) is 0 Å². The lowest BCUT2D eigenvalue weighted by Gasteiger charge is -2.39. The van der Waals surface area contributed by atoms with Gasteiger partial charge in [-0.3, -0.25) is 9.48 Å². The van der Waals surface area contributed by atoms with Crippen LogP contribution in [0.5, 0.6) is 0 Å². The Labute approximate surface area is 222 Å². The number of piperidine rings is 1. The number of nitrogens with one attached hydrogen (secondary N) is 1. The van der Waals surface area contributed by atoms with Crippen molar-refractivity contribution in [1.29, 1.82) is 0 Å². The van der Waals surface area contributed by atoms with Crippen LogP contribution in [0.2, 0.25) is 10.2 Å². The molecule has 11 heteroatoms. The van der Waals surface area contributed by atoms with Gasteiger partial charge < -0.3 is 21.4 Å². The van der Waals surface area contributed by atoms with Crippen LogP contribution in [0.1, 0.15) is 28.9 Å². The number of halogens is 2. The largest absolute Gasteiger partial charge is 0.364 e. The second kappa shape index (κ2) is 8.72. The van der Waals surface area contributed by atoms with E-state index < -0.39 is 11.4 Å². The Bertz CT molecular complexity index is 1670. The fourth-order valence-corrected chi connectivity index (χ4v) is 5.77. The molecule has 0 aliphatic carbocycles. The maximum Gasteiger partial charge on any atom is 0.268 e. The number of hydrogen-bond acceptors (Lipinski definition) is 6. The average molecular weight is 535 g/mol. The Hall–Kier alpha value is -3.66. The molecule has 4 heterocycles. The lowest BCUT2D eigenvalue weighted by molar-refractivity contribution is 0.0997. The number of nitrogens with zero attached hydrogens (tertiary/aromatic N) is 5. The topological polar surface area (TPSA) is 132 Å². The maximum absolute atomic E-state index is 12.6. The summed E-state index contributed by atoms with van der Waals surface area (Å²) in [6.45, 7) is 1.29. The molecule has 5 N–H and O–H groups in total. The van der Waals surface area contributed by atoms with Crippen molar-refractivity contribution in [2.24, 2.45) is 18.5 Å². The molecule has 0 unspecified atom stereocenters. The van der Waals surface area contributed by atoms with Crippen LogP contribution >= 0.6 is 23.2 Å². The van der Waals surface area contributed by atoms with Gasteiger partial charge in [-0.1, -0.05) is 59.6 Å². The third-order valence-corrected chi connectivity index (χ3v) is 8.02. The summed E-state index contributed by atoms with van der Waals surface area (Å²) in [6, 6.07) is 13.8. The van der Waals surface area contributed by atoms with Gasteiger partial charge in [0.25, 0.3) is 5.91 Å². The highest BCUT2D eigenvalue weighted by molar-refractivity contribution is 6.43. The van der Waals surface area contributed by atoms with Gasteiger partial charge >= 0.3 is 0 Å².